The van der Waals surface area contributed by atoms with E-state index < -0.39 is 5.91 Å². The molecule has 2 heterocycles. The fourth-order valence-corrected chi connectivity index (χ4v) is 3.75. The third-order valence-corrected chi connectivity index (χ3v) is 5.48. The lowest BCUT2D eigenvalue weighted by atomic mass is 9.96. The van der Waals surface area contributed by atoms with Crippen LogP contribution in [0.15, 0.2) is 52.9 Å². The number of fused-ring (bicyclic) bond motifs is 1. The minimum absolute atomic E-state index is 0.0879. The number of anilines is 1. The average Bonchev–Trinajstić information content (AvgIpc) is 3.18. The van der Waals surface area contributed by atoms with Crippen molar-refractivity contribution < 1.29 is 14.0 Å². The van der Waals surface area contributed by atoms with Gasteiger partial charge in [-0.05, 0) is 62.7 Å². The van der Waals surface area contributed by atoms with Gasteiger partial charge in [0.05, 0.1) is 6.04 Å². The van der Waals surface area contributed by atoms with Gasteiger partial charge < -0.3 is 15.5 Å². The largest absolute Gasteiger partial charge is 0.440 e. The molecule has 2 aromatic carbocycles. The molecule has 0 saturated carbocycles. The molecule has 7 nitrogen and oxygen atoms in total. The van der Waals surface area contributed by atoms with Crippen LogP contribution in [-0.2, 0) is 4.79 Å². The molecule has 1 saturated heterocycles. The maximum atomic E-state index is 12.7. The Morgan fingerprint density at radius 3 is 2.69 bits per heavy atom. The number of amides is 2. The number of aromatic nitrogens is 1. The highest BCUT2D eigenvalue weighted by molar-refractivity contribution is 5.96. The minimum Gasteiger partial charge on any atom is -0.440 e. The second-order valence-electron chi connectivity index (χ2n) is 7.46. The zero-order valence-corrected chi connectivity index (χ0v) is 16.3. The Morgan fingerprint density at radius 2 is 1.97 bits per heavy atom. The van der Waals surface area contributed by atoms with Gasteiger partial charge in [0.25, 0.3) is 0 Å². The minimum atomic E-state index is -0.491. The summed E-state index contributed by atoms with van der Waals surface area (Å²) in [6.45, 7) is 3.48. The third-order valence-electron chi connectivity index (χ3n) is 5.48. The van der Waals surface area contributed by atoms with E-state index in [1.807, 2.05) is 31.2 Å². The van der Waals surface area contributed by atoms with E-state index in [9.17, 15) is 9.59 Å². The van der Waals surface area contributed by atoms with Gasteiger partial charge in [-0.15, -0.1) is 0 Å². The topological polar surface area (TPSA) is 101 Å². The second-order valence-corrected chi connectivity index (χ2v) is 7.46. The number of hydrogen-bond acceptors (Lipinski definition) is 5. The lowest BCUT2D eigenvalue weighted by Crippen LogP contribution is -2.46. The van der Waals surface area contributed by atoms with E-state index in [2.05, 4.69) is 15.2 Å². The van der Waals surface area contributed by atoms with Crippen LogP contribution in [0, 0.1) is 0 Å². The maximum Gasteiger partial charge on any atom is 0.248 e. The number of nitrogens with one attached hydrogen (secondary N) is 1. The highest BCUT2D eigenvalue weighted by atomic mass is 16.3. The molecule has 0 unspecified atom stereocenters. The first-order valence-electron chi connectivity index (χ1n) is 9.81. The van der Waals surface area contributed by atoms with Crippen LogP contribution in [0.4, 0.5) is 5.69 Å². The van der Waals surface area contributed by atoms with Crippen LogP contribution in [0.5, 0.6) is 0 Å². The summed E-state index contributed by atoms with van der Waals surface area (Å²) in [5, 5.41) is 2.91. The number of likely N-dealkylation sites (tertiary alicyclic amines) is 1. The van der Waals surface area contributed by atoms with E-state index >= 15 is 0 Å². The number of benzene rings is 2. The zero-order valence-electron chi connectivity index (χ0n) is 16.3. The van der Waals surface area contributed by atoms with Crippen molar-refractivity contribution in [2.45, 2.75) is 31.7 Å². The van der Waals surface area contributed by atoms with Crippen molar-refractivity contribution in [1.82, 2.24) is 9.88 Å². The van der Waals surface area contributed by atoms with Crippen LogP contribution in [-0.4, -0.2) is 40.8 Å². The number of rotatable bonds is 5. The number of nitrogens with two attached hydrogens (primary N) is 1. The van der Waals surface area contributed by atoms with Gasteiger partial charge in [0.1, 0.15) is 5.52 Å². The monoisotopic (exact) mass is 392 g/mol. The number of hydrogen-bond donors (Lipinski definition) is 2. The quantitative estimate of drug-likeness (QED) is 0.695. The predicted molar refractivity (Wildman–Crippen MR) is 111 cm³/mol. The summed E-state index contributed by atoms with van der Waals surface area (Å²) in [7, 11) is 0. The molecule has 0 aliphatic carbocycles. The Kier molecular flexibility index (Phi) is 5.31. The van der Waals surface area contributed by atoms with E-state index in [1.165, 1.54) is 0 Å². The van der Waals surface area contributed by atoms with Gasteiger partial charge in [-0.1, -0.05) is 12.1 Å². The molecule has 29 heavy (non-hydrogen) atoms. The van der Waals surface area contributed by atoms with Crippen molar-refractivity contribution in [2.75, 3.05) is 18.4 Å². The zero-order chi connectivity index (χ0) is 20.4. The molecule has 3 aromatic rings. The summed E-state index contributed by atoms with van der Waals surface area (Å²) in [5.74, 6) is 0.330. The highest BCUT2D eigenvalue weighted by Crippen LogP contribution is 2.30. The Morgan fingerprint density at radius 1 is 1.21 bits per heavy atom. The first-order valence-corrected chi connectivity index (χ1v) is 9.81. The predicted octanol–water partition coefficient (Wildman–Crippen LogP) is 3.13. The summed E-state index contributed by atoms with van der Waals surface area (Å²) in [6, 6.07) is 14.0. The fourth-order valence-electron chi connectivity index (χ4n) is 3.75. The van der Waals surface area contributed by atoms with Crippen LogP contribution < -0.4 is 11.1 Å². The van der Waals surface area contributed by atoms with E-state index in [-0.39, 0.29) is 17.9 Å². The van der Waals surface area contributed by atoms with Crippen molar-refractivity contribution in [1.29, 1.82) is 0 Å². The van der Waals surface area contributed by atoms with Crippen LogP contribution >= 0.6 is 0 Å². The Hall–Kier alpha value is -3.19. The Labute approximate surface area is 168 Å². The number of oxazole rings is 1. The Balaban J connectivity index is 1.41. The van der Waals surface area contributed by atoms with Crippen molar-refractivity contribution in [3.05, 3.63) is 60.0 Å². The molecule has 7 heteroatoms. The van der Waals surface area contributed by atoms with Gasteiger partial charge in [0.15, 0.2) is 11.5 Å². The summed E-state index contributed by atoms with van der Waals surface area (Å²) >= 11 is 0. The normalized spacial score (nSPS) is 18.4. The molecule has 2 atom stereocenters. The summed E-state index contributed by atoms with van der Waals surface area (Å²) in [4.78, 5) is 30.7. The van der Waals surface area contributed by atoms with E-state index in [1.54, 1.807) is 24.3 Å². The lowest BCUT2D eigenvalue weighted by molar-refractivity contribution is -0.121. The molecule has 150 valence electrons. The van der Waals surface area contributed by atoms with E-state index in [0.717, 1.165) is 42.9 Å². The maximum absolute atomic E-state index is 12.7. The van der Waals surface area contributed by atoms with Gasteiger partial charge in [-0.3, -0.25) is 14.5 Å². The molecule has 0 bridgehead atoms. The smallest absolute Gasteiger partial charge is 0.248 e. The van der Waals surface area contributed by atoms with Gasteiger partial charge in [-0.2, -0.15) is 0 Å². The molecule has 1 fully saturated rings. The SMILES string of the molecule is C[C@@H](C(=O)Nc1ccc(C(N)=O)cc1)N1CCC[C@H](c2nc3ccccc3o2)C1. The third kappa shape index (κ3) is 4.14. The van der Waals surface area contributed by atoms with Crippen LogP contribution in [0.3, 0.4) is 0 Å². The molecule has 0 spiro atoms. The Bertz CT molecular complexity index is 995. The average molecular weight is 392 g/mol. The number of para-hydroxylation sites is 2. The number of nitrogens with zero attached hydrogens (tertiary/aromatic N) is 2. The first kappa shape index (κ1) is 19.1. The van der Waals surface area contributed by atoms with Gasteiger partial charge in [0.2, 0.25) is 11.8 Å². The number of piperidine rings is 1. The summed E-state index contributed by atoms with van der Waals surface area (Å²) in [5.41, 5.74) is 7.96. The lowest BCUT2D eigenvalue weighted by Gasteiger charge is -2.34. The summed E-state index contributed by atoms with van der Waals surface area (Å²) in [6.07, 6.45) is 1.97. The molecule has 4 rings (SSSR count). The first-order chi connectivity index (χ1) is 14.0. The molecule has 1 aliphatic rings. The molecular weight excluding hydrogens is 368 g/mol. The van der Waals surface area contributed by atoms with Gasteiger partial charge >= 0.3 is 0 Å². The fraction of sp³-hybridized carbons (Fsp3) is 0.318. The van der Waals surface area contributed by atoms with Crippen molar-refractivity contribution >= 4 is 28.6 Å². The molecular formula is C22H24N4O3. The van der Waals surface area contributed by atoms with Crippen molar-refractivity contribution in [3.63, 3.8) is 0 Å². The number of carbonyl (C=O) groups is 2. The number of primary amides is 1. The standard InChI is InChI=1S/C22H24N4O3/c1-14(21(28)24-17-10-8-15(9-11-17)20(23)27)26-12-4-5-16(13-26)22-25-18-6-2-3-7-19(18)29-22/h2-3,6-11,14,16H,4-5,12-13H2,1H3,(H2,23,27)(H,24,28)/t14-,16-/m0/s1. The van der Waals surface area contributed by atoms with Gasteiger partial charge in [-0.25, -0.2) is 4.98 Å². The molecule has 1 aliphatic heterocycles. The highest BCUT2D eigenvalue weighted by Gasteiger charge is 2.30. The number of carbonyl (C=O) groups excluding carboxylic acids is 2. The van der Waals surface area contributed by atoms with Crippen molar-refractivity contribution in [2.24, 2.45) is 5.73 Å². The molecule has 1 aromatic heterocycles. The van der Waals surface area contributed by atoms with Crippen LogP contribution in [0.2, 0.25) is 0 Å². The molecule has 3 N–H and O–H groups in total. The second kappa shape index (κ2) is 8.05. The van der Waals surface area contributed by atoms with Crippen LogP contribution in [0.25, 0.3) is 11.1 Å². The van der Waals surface area contributed by atoms with Gasteiger partial charge in [0, 0.05) is 23.7 Å². The van der Waals surface area contributed by atoms with Crippen LogP contribution in [0.1, 0.15) is 41.9 Å². The van der Waals surface area contributed by atoms with E-state index in [4.69, 9.17) is 10.2 Å². The summed E-state index contributed by atoms with van der Waals surface area (Å²) < 4.78 is 5.95. The molecule has 0 radical (unpaired) electrons. The van der Waals surface area contributed by atoms with E-state index in [0.29, 0.717) is 11.3 Å². The molecule has 2 amide bonds. The van der Waals surface area contributed by atoms with Crippen molar-refractivity contribution in [3.8, 4) is 0 Å².